The van der Waals surface area contributed by atoms with Gasteiger partial charge >= 0.3 is 5.97 Å². The van der Waals surface area contributed by atoms with Gasteiger partial charge < -0.3 is 5.11 Å². The van der Waals surface area contributed by atoms with Gasteiger partial charge in [0, 0.05) is 6.42 Å². The number of hydrogen-bond acceptors (Lipinski definition) is 1. The second-order valence-electron chi connectivity index (χ2n) is 4.31. The second kappa shape index (κ2) is 12.3. The Morgan fingerprint density at radius 3 is 2.12 bits per heavy atom. The van der Waals surface area contributed by atoms with Crippen molar-refractivity contribution in [3.63, 3.8) is 0 Å². The smallest absolute Gasteiger partial charge is 0.303 e. The molecule has 0 rings (SSSR count). The van der Waals surface area contributed by atoms with Gasteiger partial charge in [0.1, 0.15) is 0 Å². The predicted octanol–water partition coefficient (Wildman–Crippen LogP) is 4.55. The third-order valence-electron chi connectivity index (χ3n) is 2.67. The van der Waals surface area contributed by atoms with E-state index in [0.717, 1.165) is 6.42 Å². The van der Waals surface area contributed by atoms with Crippen LogP contribution in [0.3, 0.4) is 0 Å². The minimum absolute atomic E-state index is 0.257. The van der Waals surface area contributed by atoms with Crippen LogP contribution in [0.15, 0.2) is 12.2 Å². The number of allylic oxidation sites excluding steroid dienone is 2. The fourth-order valence-electron chi connectivity index (χ4n) is 1.66. The minimum atomic E-state index is -0.708. The molecule has 0 atom stereocenters. The topological polar surface area (TPSA) is 37.3 Å². The first-order valence-electron chi connectivity index (χ1n) is 6.64. The Balaban J connectivity index is 3.05. The summed E-state index contributed by atoms with van der Waals surface area (Å²) in [7, 11) is 0. The molecule has 0 aromatic rings. The molecule has 0 heterocycles. The number of unbranched alkanes of at least 4 members (excludes halogenated alkanes) is 7. The average molecular weight is 226 g/mol. The van der Waals surface area contributed by atoms with E-state index in [1.54, 1.807) is 0 Å². The van der Waals surface area contributed by atoms with E-state index in [4.69, 9.17) is 5.11 Å². The number of carboxylic acid groups (broad SMARTS) is 1. The number of aliphatic carboxylic acids is 1. The molecule has 0 unspecified atom stereocenters. The van der Waals surface area contributed by atoms with Crippen LogP contribution in [0.1, 0.15) is 71.1 Å². The summed E-state index contributed by atoms with van der Waals surface area (Å²) in [6.07, 6.45) is 15.5. The Hall–Kier alpha value is -0.790. The zero-order valence-electron chi connectivity index (χ0n) is 10.6. The lowest BCUT2D eigenvalue weighted by molar-refractivity contribution is -0.136. The molecule has 0 saturated heterocycles. The largest absolute Gasteiger partial charge is 0.481 e. The lowest BCUT2D eigenvalue weighted by atomic mass is 10.1. The summed E-state index contributed by atoms with van der Waals surface area (Å²) in [5.41, 5.74) is 0. The van der Waals surface area contributed by atoms with E-state index in [2.05, 4.69) is 13.0 Å². The first kappa shape index (κ1) is 15.2. The summed E-state index contributed by atoms with van der Waals surface area (Å²) < 4.78 is 0. The van der Waals surface area contributed by atoms with E-state index >= 15 is 0 Å². The Morgan fingerprint density at radius 2 is 1.50 bits per heavy atom. The van der Waals surface area contributed by atoms with Crippen LogP contribution in [0.4, 0.5) is 0 Å². The standard InChI is InChI=1S/C14H26O2/c1-2-3-4-5-6-7-8-9-10-11-12-13-14(15)16/h10-11H,2-9,12-13H2,1H3,(H,15,16). The highest BCUT2D eigenvalue weighted by atomic mass is 16.4. The lowest BCUT2D eigenvalue weighted by Crippen LogP contribution is -1.91. The molecule has 2 nitrogen and oxygen atoms in total. The average Bonchev–Trinajstić information content (AvgIpc) is 2.25. The van der Waals surface area contributed by atoms with Crippen LogP contribution in [-0.2, 0) is 4.79 Å². The maximum absolute atomic E-state index is 10.2. The molecule has 16 heavy (non-hydrogen) atoms. The fourth-order valence-corrected chi connectivity index (χ4v) is 1.66. The van der Waals surface area contributed by atoms with Gasteiger partial charge in [0.25, 0.3) is 0 Å². The summed E-state index contributed by atoms with van der Waals surface area (Å²) >= 11 is 0. The van der Waals surface area contributed by atoms with Gasteiger partial charge in [-0.2, -0.15) is 0 Å². The van der Waals surface area contributed by atoms with Crippen molar-refractivity contribution in [3.05, 3.63) is 12.2 Å². The molecule has 1 N–H and O–H groups in total. The lowest BCUT2D eigenvalue weighted by Gasteiger charge is -1.98. The summed E-state index contributed by atoms with van der Waals surface area (Å²) in [6.45, 7) is 2.24. The monoisotopic (exact) mass is 226 g/mol. The zero-order chi connectivity index (χ0) is 12.1. The van der Waals surface area contributed by atoms with E-state index in [-0.39, 0.29) is 6.42 Å². The van der Waals surface area contributed by atoms with Crippen LogP contribution in [0.5, 0.6) is 0 Å². The Kier molecular flexibility index (Phi) is 11.7. The Labute approximate surface area is 99.7 Å². The van der Waals surface area contributed by atoms with Crippen molar-refractivity contribution in [2.45, 2.75) is 71.1 Å². The van der Waals surface area contributed by atoms with Crippen LogP contribution in [0.2, 0.25) is 0 Å². The zero-order valence-corrected chi connectivity index (χ0v) is 10.6. The van der Waals surface area contributed by atoms with Gasteiger partial charge in [-0.15, -0.1) is 0 Å². The molecule has 0 radical (unpaired) electrons. The summed E-state index contributed by atoms with van der Waals surface area (Å²) in [5.74, 6) is -0.708. The van der Waals surface area contributed by atoms with Crippen LogP contribution >= 0.6 is 0 Å². The van der Waals surface area contributed by atoms with Crippen molar-refractivity contribution in [1.29, 1.82) is 0 Å². The number of hydrogen-bond donors (Lipinski definition) is 1. The maximum atomic E-state index is 10.2. The first-order valence-corrected chi connectivity index (χ1v) is 6.64. The molecule has 0 fully saturated rings. The number of rotatable bonds is 11. The SMILES string of the molecule is CCCCCCCCCC=CCCC(=O)O. The minimum Gasteiger partial charge on any atom is -0.481 e. The molecule has 0 bridgehead atoms. The summed E-state index contributed by atoms with van der Waals surface area (Å²) in [5, 5.41) is 8.42. The van der Waals surface area contributed by atoms with E-state index < -0.39 is 5.97 Å². The highest BCUT2D eigenvalue weighted by molar-refractivity contribution is 5.66. The van der Waals surface area contributed by atoms with Gasteiger partial charge in [-0.25, -0.2) is 0 Å². The molecule has 2 heteroatoms. The van der Waals surface area contributed by atoms with Gasteiger partial charge in [-0.05, 0) is 19.3 Å². The van der Waals surface area contributed by atoms with Gasteiger partial charge in [0.2, 0.25) is 0 Å². The van der Waals surface area contributed by atoms with Crippen molar-refractivity contribution >= 4 is 5.97 Å². The van der Waals surface area contributed by atoms with Crippen molar-refractivity contribution in [1.82, 2.24) is 0 Å². The normalized spacial score (nSPS) is 11.1. The maximum Gasteiger partial charge on any atom is 0.303 e. The van der Waals surface area contributed by atoms with Gasteiger partial charge in [0.05, 0.1) is 0 Å². The predicted molar refractivity (Wildman–Crippen MR) is 68.6 cm³/mol. The van der Waals surface area contributed by atoms with E-state index in [1.165, 1.54) is 44.9 Å². The Bertz CT molecular complexity index is 185. The molecule has 94 valence electrons. The van der Waals surface area contributed by atoms with Gasteiger partial charge in [-0.3, -0.25) is 4.79 Å². The molecule has 0 spiro atoms. The molecule has 0 aliphatic rings. The molecular formula is C14H26O2. The molecule has 0 saturated carbocycles. The van der Waals surface area contributed by atoms with Crippen LogP contribution in [0, 0.1) is 0 Å². The number of carboxylic acids is 1. The van der Waals surface area contributed by atoms with Crippen molar-refractivity contribution in [2.75, 3.05) is 0 Å². The molecular weight excluding hydrogens is 200 g/mol. The molecule has 0 aromatic carbocycles. The summed E-state index contributed by atoms with van der Waals surface area (Å²) in [4.78, 5) is 10.2. The highest BCUT2D eigenvalue weighted by Gasteiger charge is 1.92. The fraction of sp³-hybridized carbons (Fsp3) is 0.786. The van der Waals surface area contributed by atoms with Crippen LogP contribution in [0.25, 0.3) is 0 Å². The van der Waals surface area contributed by atoms with Gasteiger partial charge in [-0.1, -0.05) is 57.6 Å². The van der Waals surface area contributed by atoms with E-state index in [1.807, 2.05) is 6.08 Å². The molecule has 0 aliphatic carbocycles. The van der Waals surface area contributed by atoms with E-state index in [9.17, 15) is 4.79 Å². The Morgan fingerprint density at radius 1 is 0.938 bits per heavy atom. The summed E-state index contributed by atoms with van der Waals surface area (Å²) in [6, 6.07) is 0. The second-order valence-corrected chi connectivity index (χ2v) is 4.31. The number of carbonyl (C=O) groups is 1. The highest BCUT2D eigenvalue weighted by Crippen LogP contribution is 2.08. The first-order chi connectivity index (χ1) is 7.77. The van der Waals surface area contributed by atoms with Crippen molar-refractivity contribution in [3.8, 4) is 0 Å². The third kappa shape index (κ3) is 13.2. The molecule has 0 aliphatic heterocycles. The van der Waals surface area contributed by atoms with E-state index in [0.29, 0.717) is 6.42 Å². The van der Waals surface area contributed by atoms with Gasteiger partial charge in [0.15, 0.2) is 0 Å². The van der Waals surface area contributed by atoms with Crippen molar-refractivity contribution < 1.29 is 9.90 Å². The quantitative estimate of drug-likeness (QED) is 0.414. The van der Waals surface area contributed by atoms with Crippen LogP contribution in [-0.4, -0.2) is 11.1 Å². The third-order valence-corrected chi connectivity index (χ3v) is 2.67. The molecule has 0 aromatic heterocycles. The molecule has 0 amide bonds. The van der Waals surface area contributed by atoms with Crippen molar-refractivity contribution in [2.24, 2.45) is 0 Å². The van der Waals surface area contributed by atoms with Crippen LogP contribution < -0.4 is 0 Å².